The smallest absolute Gasteiger partial charge is 0.0503 e. The number of nitrogens with two attached hydrogens (primary N) is 1. The van der Waals surface area contributed by atoms with Gasteiger partial charge < -0.3 is 0 Å². The zero-order valence-corrected chi connectivity index (χ0v) is 11.9. The molecule has 0 spiro atoms. The zero-order chi connectivity index (χ0) is 13.8. The summed E-state index contributed by atoms with van der Waals surface area (Å²) in [6.45, 7) is 6.41. The first-order chi connectivity index (χ1) is 9.11. The summed E-state index contributed by atoms with van der Waals surface area (Å²) in [5, 5.41) is 0. The summed E-state index contributed by atoms with van der Waals surface area (Å²) in [4.78, 5) is 0. The Morgan fingerprint density at radius 2 is 1.74 bits per heavy atom. The number of benzene rings is 2. The summed E-state index contributed by atoms with van der Waals surface area (Å²) in [5.74, 6) is 5.76. The first-order valence-electron chi connectivity index (χ1n) is 6.69. The van der Waals surface area contributed by atoms with Gasteiger partial charge in [0, 0.05) is 0 Å². The predicted octanol–water partition coefficient (Wildman–Crippen LogP) is 3.36. The maximum Gasteiger partial charge on any atom is 0.0503 e. The molecule has 0 saturated carbocycles. The van der Waals surface area contributed by atoms with Gasteiger partial charge in [0.15, 0.2) is 0 Å². The van der Waals surface area contributed by atoms with Crippen LogP contribution >= 0.6 is 0 Å². The van der Waals surface area contributed by atoms with Gasteiger partial charge in [-0.25, -0.2) is 0 Å². The van der Waals surface area contributed by atoms with Crippen LogP contribution in [0, 0.1) is 20.8 Å². The quantitative estimate of drug-likeness (QED) is 0.648. The van der Waals surface area contributed by atoms with Crippen molar-refractivity contribution in [1.29, 1.82) is 0 Å². The monoisotopic (exact) mass is 254 g/mol. The molecule has 0 aliphatic carbocycles. The van der Waals surface area contributed by atoms with Gasteiger partial charge in [-0.3, -0.25) is 11.3 Å². The van der Waals surface area contributed by atoms with E-state index in [0.717, 1.165) is 6.42 Å². The summed E-state index contributed by atoms with van der Waals surface area (Å²) in [6.07, 6.45) is 0.912. The lowest BCUT2D eigenvalue weighted by atomic mass is 9.93. The third-order valence-corrected chi connectivity index (χ3v) is 3.69. The van der Waals surface area contributed by atoms with Crippen LogP contribution in [0.1, 0.15) is 33.9 Å². The second-order valence-electron chi connectivity index (χ2n) is 5.21. The number of hydrazine groups is 1. The Hall–Kier alpha value is -1.64. The Bertz CT molecular complexity index is 561. The summed E-state index contributed by atoms with van der Waals surface area (Å²) in [6, 6.07) is 15.1. The number of nitrogens with one attached hydrogen (secondary N) is 1. The Balaban J connectivity index is 2.29. The minimum absolute atomic E-state index is 0.154. The largest absolute Gasteiger partial charge is 0.271 e. The Kier molecular flexibility index (Phi) is 4.35. The van der Waals surface area contributed by atoms with Gasteiger partial charge >= 0.3 is 0 Å². The third-order valence-electron chi connectivity index (χ3n) is 3.69. The maximum atomic E-state index is 5.76. The molecule has 2 nitrogen and oxygen atoms in total. The van der Waals surface area contributed by atoms with Crippen molar-refractivity contribution in [2.75, 3.05) is 0 Å². The molecule has 0 aromatic heterocycles. The Morgan fingerprint density at radius 3 is 2.42 bits per heavy atom. The van der Waals surface area contributed by atoms with Crippen molar-refractivity contribution in [3.05, 3.63) is 70.3 Å². The Morgan fingerprint density at radius 1 is 1.00 bits per heavy atom. The summed E-state index contributed by atoms with van der Waals surface area (Å²) >= 11 is 0. The molecule has 1 unspecified atom stereocenters. The molecule has 3 N–H and O–H groups in total. The number of hydrogen-bond acceptors (Lipinski definition) is 2. The summed E-state index contributed by atoms with van der Waals surface area (Å²) in [7, 11) is 0. The van der Waals surface area contributed by atoms with Crippen LogP contribution in [0.4, 0.5) is 0 Å². The zero-order valence-electron chi connectivity index (χ0n) is 11.9. The van der Waals surface area contributed by atoms with E-state index in [1.807, 2.05) is 0 Å². The first kappa shape index (κ1) is 13.8. The van der Waals surface area contributed by atoms with Crippen molar-refractivity contribution >= 4 is 0 Å². The van der Waals surface area contributed by atoms with Gasteiger partial charge in [-0.1, -0.05) is 48.0 Å². The van der Waals surface area contributed by atoms with E-state index in [4.69, 9.17) is 5.84 Å². The number of aryl methyl sites for hydroxylation is 3. The number of hydrogen-bond donors (Lipinski definition) is 2. The van der Waals surface area contributed by atoms with Crippen LogP contribution in [-0.2, 0) is 6.42 Å². The normalized spacial score (nSPS) is 12.4. The van der Waals surface area contributed by atoms with Gasteiger partial charge in [0.25, 0.3) is 0 Å². The molecule has 0 aliphatic heterocycles. The fourth-order valence-corrected chi connectivity index (χ4v) is 2.48. The van der Waals surface area contributed by atoms with Gasteiger partial charge in [0.05, 0.1) is 6.04 Å². The van der Waals surface area contributed by atoms with Crippen molar-refractivity contribution < 1.29 is 0 Å². The van der Waals surface area contributed by atoms with Crippen LogP contribution < -0.4 is 11.3 Å². The average molecular weight is 254 g/mol. The third kappa shape index (κ3) is 3.22. The highest BCUT2D eigenvalue weighted by Crippen LogP contribution is 2.23. The molecule has 0 amide bonds. The SMILES string of the molecule is Cc1ccc(C)c(CC(NN)c2ccccc2C)c1. The molecule has 0 fully saturated rings. The van der Waals surface area contributed by atoms with E-state index in [1.165, 1.54) is 27.8 Å². The van der Waals surface area contributed by atoms with E-state index < -0.39 is 0 Å². The van der Waals surface area contributed by atoms with Crippen molar-refractivity contribution in [3.8, 4) is 0 Å². The minimum atomic E-state index is 0.154. The van der Waals surface area contributed by atoms with E-state index >= 15 is 0 Å². The molecular formula is C17H22N2. The second kappa shape index (κ2) is 6.00. The van der Waals surface area contributed by atoms with Crippen molar-refractivity contribution in [1.82, 2.24) is 5.43 Å². The first-order valence-corrected chi connectivity index (χ1v) is 6.69. The molecule has 100 valence electrons. The topological polar surface area (TPSA) is 38.0 Å². The molecule has 0 heterocycles. The summed E-state index contributed by atoms with van der Waals surface area (Å²) in [5.41, 5.74) is 9.46. The van der Waals surface area contributed by atoms with Gasteiger partial charge in [-0.15, -0.1) is 0 Å². The highest BCUT2D eigenvalue weighted by Gasteiger charge is 2.13. The highest BCUT2D eigenvalue weighted by atomic mass is 15.2. The number of rotatable bonds is 4. The molecule has 0 bridgehead atoms. The van der Waals surface area contributed by atoms with Crippen LogP contribution in [0.3, 0.4) is 0 Å². The standard InChI is InChI=1S/C17H22N2/c1-12-8-9-13(2)15(10-12)11-17(19-18)16-7-5-4-6-14(16)3/h4-10,17,19H,11,18H2,1-3H3. The van der Waals surface area contributed by atoms with Crippen molar-refractivity contribution in [3.63, 3.8) is 0 Å². The lowest BCUT2D eigenvalue weighted by molar-refractivity contribution is 0.548. The van der Waals surface area contributed by atoms with Gasteiger partial charge in [0.1, 0.15) is 0 Å². The van der Waals surface area contributed by atoms with Crippen LogP contribution in [0.5, 0.6) is 0 Å². The van der Waals surface area contributed by atoms with Crippen LogP contribution in [-0.4, -0.2) is 0 Å². The maximum absolute atomic E-state index is 5.76. The molecule has 2 aromatic carbocycles. The fourth-order valence-electron chi connectivity index (χ4n) is 2.48. The molecule has 2 heteroatoms. The Labute approximate surface area is 115 Å². The molecule has 2 aromatic rings. The lowest BCUT2D eigenvalue weighted by Gasteiger charge is -2.20. The van der Waals surface area contributed by atoms with E-state index in [0.29, 0.717) is 0 Å². The van der Waals surface area contributed by atoms with Gasteiger partial charge in [0.2, 0.25) is 0 Å². The van der Waals surface area contributed by atoms with Gasteiger partial charge in [-0.05, 0) is 49.4 Å². The molecule has 1 atom stereocenters. The van der Waals surface area contributed by atoms with E-state index in [2.05, 4.69) is 68.7 Å². The molecule has 0 aliphatic rings. The van der Waals surface area contributed by atoms with E-state index in [9.17, 15) is 0 Å². The lowest BCUT2D eigenvalue weighted by Crippen LogP contribution is -2.30. The summed E-state index contributed by atoms with van der Waals surface area (Å²) < 4.78 is 0. The second-order valence-corrected chi connectivity index (χ2v) is 5.21. The average Bonchev–Trinajstić information content (AvgIpc) is 2.41. The molecule has 0 saturated heterocycles. The van der Waals surface area contributed by atoms with Crippen LogP contribution in [0.25, 0.3) is 0 Å². The van der Waals surface area contributed by atoms with Crippen LogP contribution in [0.2, 0.25) is 0 Å². The fraction of sp³-hybridized carbons (Fsp3) is 0.294. The minimum Gasteiger partial charge on any atom is -0.271 e. The molecular weight excluding hydrogens is 232 g/mol. The molecule has 2 rings (SSSR count). The van der Waals surface area contributed by atoms with E-state index in [-0.39, 0.29) is 6.04 Å². The highest BCUT2D eigenvalue weighted by molar-refractivity contribution is 5.34. The van der Waals surface area contributed by atoms with Crippen molar-refractivity contribution in [2.45, 2.75) is 33.2 Å². The van der Waals surface area contributed by atoms with Gasteiger partial charge in [-0.2, -0.15) is 0 Å². The van der Waals surface area contributed by atoms with Crippen molar-refractivity contribution in [2.24, 2.45) is 5.84 Å². The van der Waals surface area contributed by atoms with E-state index in [1.54, 1.807) is 0 Å². The predicted molar refractivity (Wildman–Crippen MR) is 80.9 cm³/mol. The molecule has 19 heavy (non-hydrogen) atoms. The molecule has 0 radical (unpaired) electrons. The van der Waals surface area contributed by atoms with Crippen LogP contribution in [0.15, 0.2) is 42.5 Å².